The Morgan fingerprint density at radius 2 is 1.14 bits per heavy atom. The van der Waals surface area contributed by atoms with Crippen LogP contribution in [0.3, 0.4) is 0 Å². The zero-order valence-corrected chi connectivity index (χ0v) is 16.7. The van der Waals surface area contributed by atoms with E-state index in [4.69, 9.17) is 13.9 Å². The summed E-state index contributed by atoms with van der Waals surface area (Å²) < 4.78 is 46.3. The van der Waals surface area contributed by atoms with Gasteiger partial charge in [0.25, 0.3) is 0 Å². The molecule has 0 fully saturated rings. The monoisotopic (exact) mass is 390 g/mol. The van der Waals surface area contributed by atoms with Crippen LogP contribution in [0.25, 0.3) is 21.9 Å². The van der Waals surface area contributed by atoms with Gasteiger partial charge in [0.2, 0.25) is 11.6 Å². The summed E-state index contributed by atoms with van der Waals surface area (Å²) in [5.74, 6) is -0.907. The Kier molecular flexibility index (Phi) is 7.12. The number of unbranched alkanes of at least 4 members (excludes halogenated alkanes) is 5. The largest absolute Gasteiger partial charge is 0.490 e. The first kappa shape index (κ1) is 20.4. The van der Waals surface area contributed by atoms with E-state index < -0.39 is 11.6 Å². The van der Waals surface area contributed by atoms with Crippen molar-refractivity contribution in [3.8, 4) is 11.5 Å². The third-order valence-corrected chi connectivity index (χ3v) is 4.88. The molecule has 0 atom stereocenters. The molecule has 2 aromatic carbocycles. The second kappa shape index (κ2) is 9.76. The Morgan fingerprint density at radius 3 is 1.64 bits per heavy atom. The number of halogens is 2. The van der Waals surface area contributed by atoms with Gasteiger partial charge in [0.1, 0.15) is 0 Å². The second-order valence-corrected chi connectivity index (χ2v) is 7.08. The van der Waals surface area contributed by atoms with Gasteiger partial charge in [-0.1, -0.05) is 46.0 Å². The van der Waals surface area contributed by atoms with Crippen molar-refractivity contribution in [2.24, 2.45) is 0 Å². The lowest BCUT2D eigenvalue weighted by atomic mass is 10.1. The Morgan fingerprint density at radius 1 is 0.679 bits per heavy atom. The molecule has 0 saturated carbocycles. The molecule has 0 saturated heterocycles. The molecular weight excluding hydrogens is 362 g/mol. The predicted molar refractivity (Wildman–Crippen MR) is 108 cm³/mol. The molecule has 1 aromatic heterocycles. The molecule has 28 heavy (non-hydrogen) atoms. The van der Waals surface area contributed by atoms with Gasteiger partial charge in [-0.15, -0.1) is 0 Å². The number of benzene rings is 2. The normalized spacial score (nSPS) is 11.4. The highest BCUT2D eigenvalue weighted by Gasteiger charge is 2.20. The number of hydrogen-bond donors (Lipinski definition) is 0. The van der Waals surface area contributed by atoms with Crippen molar-refractivity contribution in [3.63, 3.8) is 0 Å². The second-order valence-electron chi connectivity index (χ2n) is 7.08. The summed E-state index contributed by atoms with van der Waals surface area (Å²) in [6.45, 7) is 5.13. The van der Waals surface area contributed by atoms with Crippen LogP contribution in [0.4, 0.5) is 8.78 Å². The molecule has 0 bridgehead atoms. The van der Waals surface area contributed by atoms with Crippen molar-refractivity contribution in [1.82, 2.24) is 0 Å². The van der Waals surface area contributed by atoms with Crippen molar-refractivity contribution < 1.29 is 22.7 Å². The zero-order chi connectivity index (χ0) is 19.9. The molecule has 0 amide bonds. The van der Waals surface area contributed by atoms with Crippen LogP contribution in [0.2, 0.25) is 0 Å². The fourth-order valence-electron chi connectivity index (χ4n) is 3.27. The molecule has 3 aromatic rings. The zero-order valence-electron chi connectivity index (χ0n) is 16.7. The number of ether oxygens (including phenoxy) is 2. The molecule has 3 rings (SSSR count). The predicted octanol–water partition coefficient (Wildman–Crippen LogP) is 7.39. The fourth-order valence-corrected chi connectivity index (χ4v) is 3.27. The molecule has 0 aliphatic heterocycles. The van der Waals surface area contributed by atoms with Crippen molar-refractivity contribution in [3.05, 3.63) is 35.9 Å². The van der Waals surface area contributed by atoms with E-state index in [9.17, 15) is 8.78 Å². The summed E-state index contributed by atoms with van der Waals surface area (Å²) in [4.78, 5) is 0. The summed E-state index contributed by atoms with van der Waals surface area (Å²) >= 11 is 0. The van der Waals surface area contributed by atoms with Crippen LogP contribution >= 0.6 is 0 Å². The lowest BCUT2D eigenvalue weighted by molar-refractivity contribution is 0.290. The fraction of sp³-hybridized carbons (Fsp3) is 0.478. The summed E-state index contributed by atoms with van der Waals surface area (Å²) in [5.41, 5.74) is 0.0325. The van der Waals surface area contributed by atoms with Crippen molar-refractivity contribution in [2.45, 2.75) is 58.8 Å². The van der Waals surface area contributed by atoms with Crippen molar-refractivity contribution >= 4 is 21.9 Å². The molecule has 0 N–H and O–H groups in total. The van der Waals surface area contributed by atoms with Crippen molar-refractivity contribution in [2.75, 3.05) is 13.2 Å². The van der Waals surface area contributed by atoms with Crippen LogP contribution in [0, 0.1) is 11.6 Å². The van der Waals surface area contributed by atoms with Gasteiger partial charge in [0.05, 0.1) is 13.2 Å². The molecule has 5 heteroatoms. The van der Waals surface area contributed by atoms with E-state index in [0.29, 0.717) is 24.0 Å². The maximum absolute atomic E-state index is 14.8. The minimum absolute atomic E-state index is 0.0157. The van der Waals surface area contributed by atoms with E-state index in [0.717, 1.165) is 44.9 Å². The molecule has 0 aliphatic rings. The first-order valence-electron chi connectivity index (χ1n) is 10.3. The third-order valence-electron chi connectivity index (χ3n) is 4.88. The number of fused-ring (bicyclic) bond motifs is 3. The van der Waals surface area contributed by atoms with Crippen LogP contribution in [-0.2, 0) is 0 Å². The number of rotatable bonds is 11. The Labute approximate surface area is 164 Å². The van der Waals surface area contributed by atoms with Crippen LogP contribution in [0.1, 0.15) is 58.8 Å². The quantitative estimate of drug-likeness (QED) is 0.320. The Hall–Kier alpha value is -2.30. The summed E-state index contributed by atoms with van der Waals surface area (Å²) in [6, 6.07) is 6.59. The van der Waals surface area contributed by atoms with Gasteiger partial charge < -0.3 is 13.9 Å². The van der Waals surface area contributed by atoms with Gasteiger partial charge in [-0.2, -0.15) is 8.78 Å². The minimum Gasteiger partial charge on any atom is -0.490 e. The van der Waals surface area contributed by atoms with Gasteiger partial charge in [-0.05, 0) is 37.1 Å². The highest BCUT2D eigenvalue weighted by Crippen LogP contribution is 2.37. The van der Waals surface area contributed by atoms with Crippen LogP contribution < -0.4 is 9.47 Å². The summed E-state index contributed by atoms with van der Waals surface area (Å²) in [7, 11) is 0. The molecule has 152 valence electrons. The summed E-state index contributed by atoms with van der Waals surface area (Å²) in [5, 5.41) is 1.06. The maximum Gasteiger partial charge on any atom is 0.208 e. The highest BCUT2D eigenvalue weighted by atomic mass is 19.1. The van der Waals surface area contributed by atoms with Crippen LogP contribution in [-0.4, -0.2) is 13.2 Å². The lowest BCUT2D eigenvalue weighted by Crippen LogP contribution is -1.99. The van der Waals surface area contributed by atoms with Crippen molar-refractivity contribution in [1.29, 1.82) is 0 Å². The molecule has 1 heterocycles. The highest BCUT2D eigenvalue weighted by molar-refractivity contribution is 6.06. The average Bonchev–Trinajstić information content (AvgIpc) is 3.08. The van der Waals surface area contributed by atoms with E-state index in [1.165, 1.54) is 0 Å². The molecule has 0 aliphatic carbocycles. The van der Waals surface area contributed by atoms with Crippen LogP contribution in [0.5, 0.6) is 11.5 Å². The lowest BCUT2D eigenvalue weighted by Gasteiger charge is -2.07. The molecule has 0 unspecified atom stereocenters. The molecule has 0 spiro atoms. The molecule has 3 nitrogen and oxygen atoms in total. The standard InChI is InChI=1S/C23H28F2O3/c1-3-5-7-9-15-27-19-13-11-17-16-10-12-18(26-14-8-6-4-2)20(24)22(16)28-23(17)21(19)25/h10-13H,3-9,14-15H2,1-2H3. The molecule has 0 radical (unpaired) electrons. The van der Waals surface area contributed by atoms with Gasteiger partial charge in [0, 0.05) is 10.8 Å². The van der Waals surface area contributed by atoms with E-state index in [2.05, 4.69) is 13.8 Å². The molecular formula is C23H28F2O3. The average molecular weight is 390 g/mol. The van der Waals surface area contributed by atoms with Gasteiger partial charge in [-0.25, -0.2) is 0 Å². The first-order valence-corrected chi connectivity index (χ1v) is 10.3. The van der Waals surface area contributed by atoms with E-state index in [1.807, 2.05) is 0 Å². The van der Waals surface area contributed by atoms with E-state index in [1.54, 1.807) is 24.3 Å². The minimum atomic E-state index is -0.591. The number of hydrogen-bond acceptors (Lipinski definition) is 3. The van der Waals surface area contributed by atoms with Gasteiger partial charge >= 0.3 is 0 Å². The van der Waals surface area contributed by atoms with Gasteiger partial charge in [-0.3, -0.25) is 0 Å². The Bertz CT molecular complexity index is 917. The first-order chi connectivity index (χ1) is 13.7. The van der Waals surface area contributed by atoms with Crippen LogP contribution in [0.15, 0.2) is 28.7 Å². The smallest absolute Gasteiger partial charge is 0.208 e. The summed E-state index contributed by atoms with van der Waals surface area (Å²) in [6.07, 6.45) is 7.15. The maximum atomic E-state index is 14.8. The van der Waals surface area contributed by atoms with Gasteiger partial charge in [0.15, 0.2) is 22.7 Å². The number of furan rings is 1. The third kappa shape index (κ3) is 4.40. The van der Waals surface area contributed by atoms with E-state index in [-0.39, 0.29) is 22.7 Å². The van der Waals surface area contributed by atoms with E-state index >= 15 is 0 Å². The topological polar surface area (TPSA) is 31.6 Å². The Balaban J connectivity index is 1.82. The SMILES string of the molecule is CCCCCCOc1ccc2c(oc3c(F)c(OCCCCC)ccc32)c1F.